The van der Waals surface area contributed by atoms with E-state index >= 15 is 0 Å². The zero-order valence-electron chi connectivity index (χ0n) is 14.7. The van der Waals surface area contributed by atoms with Crippen LogP contribution in [0.4, 0.5) is 26.3 Å². The molecule has 4 N–H and O–H groups in total. The molecule has 2 aromatic rings. The Morgan fingerprint density at radius 2 is 0.867 bits per heavy atom. The Morgan fingerprint density at radius 1 is 0.600 bits per heavy atom. The molecule has 1 fully saturated rings. The molecule has 0 aliphatic heterocycles. The van der Waals surface area contributed by atoms with Gasteiger partial charge >= 0.3 is 23.6 Å². The lowest BCUT2D eigenvalue weighted by atomic mass is 9.76. The van der Waals surface area contributed by atoms with Crippen LogP contribution in [0.3, 0.4) is 0 Å². The van der Waals surface area contributed by atoms with Crippen LogP contribution < -0.4 is 20.9 Å². The second-order valence-corrected chi connectivity index (χ2v) is 6.32. The Kier molecular flexibility index (Phi) is 4.64. The van der Waals surface area contributed by atoms with Crippen molar-refractivity contribution in [3.05, 3.63) is 59.7 Å². The maximum Gasteiger partial charge on any atom is 0.395 e. The van der Waals surface area contributed by atoms with Crippen LogP contribution in [0.15, 0.2) is 48.5 Å². The molecule has 0 radical (unpaired) electrons. The van der Waals surface area contributed by atoms with E-state index in [0.717, 1.165) is 48.5 Å². The zero-order chi connectivity index (χ0) is 22.5. The number of hydrogen-bond donors (Lipinski definition) is 2. The average molecular weight is 434 g/mol. The number of carbonyl (C=O) groups excluding carboxylic acids is 2. The normalized spacial score (nSPS) is 26.3. The Balaban J connectivity index is 1.95. The number of carbonyl (C=O) groups is 2. The highest BCUT2D eigenvalue weighted by Gasteiger charge is 3.03. The topological polar surface area (TPSA) is 105 Å². The smallest absolute Gasteiger partial charge is 0.395 e. The minimum absolute atomic E-state index is 0.127. The van der Waals surface area contributed by atoms with Crippen LogP contribution in [-0.4, -0.2) is 35.4 Å². The van der Waals surface area contributed by atoms with Gasteiger partial charge in [0.1, 0.15) is 11.5 Å². The number of nitrogens with two attached hydrogens (primary N) is 2. The molecule has 2 atom stereocenters. The van der Waals surface area contributed by atoms with E-state index in [9.17, 15) is 35.9 Å². The quantitative estimate of drug-likeness (QED) is 0.682. The Labute approximate surface area is 164 Å². The highest BCUT2D eigenvalue weighted by atomic mass is 19.3. The number of ether oxygens (including phenoxy) is 2. The highest BCUT2D eigenvalue weighted by molar-refractivity contribution is 5.93. The molecule has 0 aromatic heterocycles. The lowest BCUT2D eigenvalue weighted by molar-refractivity contribution is -0.527. The van der Waals surface area contributed by atoms with Crippen molar-refractivity contribution in [1.82, 2.24) is 0 Å². The van der Waals surface area contributed by atoms with Crippen molar-refractivity contribution >= 4 is 11.8 Å². The van der Waals surface area contributed by atoms with Gasteiger partial charge in [-0.15, -0.1) is 0 Å². The largest absolute Gasteiger partial charge is 0.447 e. The fraction of sp³-hybridized carbons (Fsp3) is 0.222. The molecule has 1 aliphatic rings. The van der Waals surface area contributed by atoms with Gasteiger partial charge in [0.2, 0.25) is 11.8 Å². The molecule has 3 rings (SSSR count). The maximum absolute atomic E-state index is 14.9. The molecule has 0 bridgehead atoms. The average Bonchev–Trinajstić information content (AvgIpc) is 2.67. The Morgan fingerprint density at radius 3 is 1.10 bits per heavy atom. The van der Waals surface area contributed by atoms with Crippen molar-refractivity contribution in [3.8, 4) is 11.5 Å². The molecular formula is C18H12F6N2O4. The summed E-state index contributed by atoms with van der Waals surface area (Å²) in [4.78, 5) is 22.0. The summed E-state index contributed by atoms with van der Waals surface area (Å²) in [6.45, 7) is 0. The van der Waals surface area contributed by atoms with E-state index in [1.54, 1.807) is 0 Å². The van der Waals surface area contributed by atoms with Crippen LogP contribution in [0, 0.1) is 0 Å². The van der Waals surface area contributed by atoms with Gasteiger partial charge in [-0.3, -0.25) is 9.59 Å². The minimum Gasteiger partial charge on any atom is -0.447 e. The summed E-state index contributed by atoms with van der Waals surface area (Å²) in [7, 11) is 0. The predicted molar refractivity (Wildman–Crippen MR) is 88.7 cm³/mol. The molecule has 2 amide bonds. The van der Waals surface area contributed by atoms with E-state index in [1.165, 1.54) is 0 Å². The molecule has 30 heavy (non-hydrogen) atoms. The molecule has 0 saturated heterocycles. The Hall–Kier alpha value is -3.44. The van der Waals surface area contributed by atoms with Gasteiger partial charge in [0.05, 0.1) is 0 Å². The second kappa shape index (κ2) is 6.54. The number of hydrogen-bond acceptors (Lipinski definition) is 4. The summed E-state index contributed by atoms with van der Waals surface area (Å²) in [6.07, 6.45) is 0. The number of benzene rings is 2. The first-order valence-corrected chi connectivity index (χ1v) is 8.08. The molecule has 0 heterocycles. The van der Waals surface area contributed by atoms with E-state index in [4.69, 9.17) is 11.5 Å². The first kappa shape index (κ1) is 21.3. The van der Waals surface area contributed by atoms with Crippen molar-refractivity contribution in [2.45, 2.75) is 23.6 Å². The first-order chi connectivity index (χ1) is 13.8. The van der Waals surface area contributed by atoms with Crippen molar-refractivity contribution in [2.24, 2.45) is 11.5 Å². The molecule has 1 aliphatic carbocycles. The van der Waals surface area contributed by atoms with Gasteiger partial charge in [0, 0.05) is 11.1 Å². The maximum atomic E-state index is 14.9. The molecule has 1 saturated carbocycles. The molecule has 160 valence electrons. The summed E-state index contributed by atoms with van der Waals surface area (Å²) in [6, 6.07) is 6.76. The number of alkyl halides is 6. The van der Waals surface area contributed by atoms with E-state index in [0.29, 0.717) is 0 Å². The molecule has 12 heteroatoms. The number of primary amides is 2. The number of halogens is 6. The van der Waals surface area contributed by atoms with Crippen LogP contribution >= 0.6 is 0 Å². The summed E-state index contributed by atoms with van der Waals surface area (Å²) >= 11 is 0. The molecule has 2 aromatic carbocycles. The Bertz CT molecular complexity index is 917. The van der Waals surface area contributed by atoms with Crippen molar-refractivity contribution in [2.75, 3.05) is 0 Å². The molecule has 0 spiro atoms. The van der Waals surface area contributed by atoms with Crippen LogP contribution in [0.25, 0.3) is 0 Å². The van der Waals surface area contributed by atoms with Crippen molar-refractivity contribution < 1.29 is 45.4 Å². The van der Waals surface area contributed by atoms with Crippen molar-refractivity contribution in [1.29, 1.82) is 0 Å². The van der Waals surface area contributed by atoms with E-state index in [2.05, 4.69) is 9.47 Å². The third-order valence-corrected chi connectivity index (χ3v) is 4.41. The fourth-order valence-electron chi connectivity index (χ4n) is 2.70. The summed E-state index contributed by atoms with van der Waals surface area (Å²) in [5.41, 5.74) is 9.71. The van der Waals surface area contributed by atoms with Crippen LogP contribution in [0.5, 0.6) is 11.5 Å². The van der Waals surface area contributed by atoms with Gasteiger partial charge < -0.3 is 20.9 Å². The number of rotatable bonds is 6. The van der Waals surface area contributed by atoms with Gasteiger partial charge in [-0.05, 0) is 48.5 Å². The standard InChI is InChI=1S/C18H12F6N2O4/c19-15(20)16(21,22)18(24,30-12-7-3-10(4-8-12)14(26)28)17(15,23)29-11-5-1-9(2-6-11)13(25)27/h1-8H,(H2,25,27)(H2,26,28). The van der Waals surface area contributed by atoms with Crippen molar-refractivity contribution in [3.63, 3.8) is 0 Å². The molecule has 2 unspecified atom stereocenters. The lowest BCUT2D eigenvalue weighted by Gasteiger charge is -2.55. The van der Waals surface area contributed by atoms with E-state index < -0.39 is 46.9 Å². The van der Waals surface area contributed by atoms with Crippen LogP contribution in [0.1, 0.15) is 20.7 Å². The monoisotopic (exact) mass is 434 g/mol. The van der Waals surface area contributed by atoms with E-state index in [-0.39, 0.29) is 11.1 Å². The predicted octanol–water partition coefficient (Wildman–Crippen LogP) is 2.96. The van der Waals surface area contributed by atoms with Gasteiger partial charge in [-0.1, -0.05) is 0 Å². The van der Waals surface area contributed by atoms with Crippen LogP contribution in [-0.2, 0) is 0 Å². The third kappa shape index (κ3) is 2.74. The first-order valence-electron chi connectivity index (χ1n) is 8.08. The van der Waals surface area contributed by atoms with E-state index in [1.807, 2.05) is 0 Å². The SMILES string of the molecule is NC(=O)c1ccc(OC2(F)C(F)(F)C(F)(F)C2(F)Oc2ccc(C(N)=O)cc2)cc1. The summed E-state index contributed by atoms with van der Waals surface area (Å²) in [5, 5.41) is 0. The van der Waals surface area contributed by atoms with Gasteiger partial charge in [0.15, 0.2) is 0 Å². The fourth-order valence-corrected chi connectivity index (χ4v) is 2.70. The van der Waals surface area contributed by atoms with Gasteiger partial charge in [-0.2, -0.15) is 26.3 Å². The van der Waals surface area contributed by atoms with Gasteiger partial charge in [-0.25, -0.2) is 0 Å². The summed E-state index contributed by atoms with van der Waals surface area (Å²) < 4.78 is 94.1. The molecular weight excluding hydrogens is 422 g/mol. The minimum atomic E-state index is -5.62. The third-order valence-electron chi connectivity index (χ3n) is 4.41. The summed E-state index contributed by atoms with van der Waals surface area (Å²) in [5.74, 6) is -24.6. The van der Waals surface area contributed by atoms with Crippen LogP contribution in [0.2, 0.25) is 0 Å². The highest BCUT2D eigenvalue weighted by Crippen LogP contribution is 2.68. The number of amides is 2. The lowest BCUT2D eigenvalue weighted by Crippen LogP contribution is -2.89. The van der Waals surface area contributed by atoms with Gasteiger partial charge in [0.25, 0.3) is 0 Å². The molecule has 6 nitrogen and oxygen atoms in total. The second-order valence-electron chi connectivity index (χ2n) is 6.32. The zero-order valence-corrected chi connectivity index (χ0v) is 14.7.